The monoisotopic (exact) mass is 424 g/mol. The van der Waals surface area contributed by atoms with Crippen LogP contribution in [0.25, 0.3) is 16.9 Å². The summed E-state index contributed by atoms with van der Waals surface area (Å²) in [7, 11) is 0. The first-order valence-corrected chi connectivity index (χ1v) is 10.4. The number of nitrogens with zero attached hydrogens (tertiary/aromatic N) is 4. The maximum atomic E-state index is 12.9. The molecule has 30 heavy (non-hydrogen) atoms. The van der Waals surface area contributed by atoms with Crippen LogP contribution in [0.5, 0.6) is 0 Å². The van der Waals surface area contributed by atoms with Crippen molar-refractivity contribution in [2.75, 3.05) is 26.2 Å². The summed E-state index contributed by atoms with van der Waals surface area (Å²) in [5.74, 6) is -0.257. The molecule has 8 heteroatoms. The summed E-state index contributed by atoms with van der Waals surface area (Å²) in [6, 6.07) is 11.1. The molecule has 2 aromatic heterocycles. The van der Waals surface area contributed by atoms with Gasteiger partial charge in [0.25, 0.3) is 11.8 Å². The molecule has 0 bridgehead atoms. The van der Waals surface area contributed by atoms with E-state index in [0.29, 0.717) is 49.6 Å². The minimum Gasteiger partial charge on any atom is -0.380 e. The molecule has 1 saturated carbocycles. The number of pyridine rings is 1. The van der Waals surface area contributed by atoms with Crippen molar-refractivity contribution >= 4 is 29.1 Å². The molecule has 0 unspecified atom stereocenters. The summed E-state index contributed by atoms with van der Waals surface area (Å²) in [6.45, 7) is 1.84. The average Bonchev–Trinajstić information content (AvgIpc) is 3.39. The Hall–Kier alpha value is -2.90. The van der Waals surface area contributed by atoms with E-state index < -0.39 is 5.60 Å². The summed E-state index contributed by atoms with van der Waals surface area (Å²) in [4.78, 5) is 32.9. The van der Waals surface area contributed by atoms with Gasteiger partial charge in [-0.05, 0) is 37.1 Å². The predicted octanol–water partition coefficient (Wildman–Crippen LogP) is 2.46. The smallest absolute Gasteiger partial charge is 0.254 e. The van der Waals surface area contributed by atoms with Crippen LogP contribution < -0.4 is 0 Å². The number of aromatic nitrogens is 2. The Kier molecular flexibility index (Phi) is 4.52. The Morgan fingerprint density at radius 1 is 0.967 bits per heavy atom. The summed E-state index contributed by atoms with van der Waals surface area (Å²) in [5.41, 5.74) is 2.10. The maximum absolute atomic E-state index is 12.9. The van der Waals surface area contributed by atoms with E-state index in [0.717, 1.165) is 16.9 Å². The number of halogens is 1. The highest BCUT2D eigenvalue weighted by Gasteiger charge is 2.50. The van der Waals surface area contributed by atoms with E-state index >= 15 is 0 Å². The van der Waals surface area contributed by atoms with E-state index in [1.165, 1.54) is 0 Å². The number of rotatable bonds is 3. The first-order valence-electron chi connectivity index (χ1n) is 9.99. The fourth-order valence-corrected chi connectivity index (χ4v) is 4.03. The van der Waals surface area contributed by atoms with Crippen LogP contribution in [0.3, 0.4) is 0 Å². The molecule has 0 spiro atoms. The molecule has 2 amide bonds. The zero-order valence-corrected chi connectivity index (χ0v) is 17.0. The molecule has 154 valence electrons. The van der Waals surface area contributed by atoms with Crippen LogP contribution in [-0.4, -0.2) is 67.9 Å². The number of aliphatic hydroxyl groups is 1. The van der Waals surface area contributed by atoms with Gasteiger partial charge < -0.3 is 14.9 Å². The van der Waals surface area contributed by atoms with Gasteiger partial charge in [0.1, 0.15) is 11.2 Å². The van der Waals surface area contributed by atoms with E-state index in [4.69, 9.17) is 11.6 Å². The van der Waals surface area contributed by atoms with Crippen LogP contribution >= 0.6 is 11.6 Å². The van der Waals surface area contributed by atoms with Gasteiger partial charge in [0.15, 0.2) is 0 Å². The Bertz CT molecular complexity index is 1130. The third-order valence-electron chi connectivity index (χ3n) is 5.87. The molecule has 2 fully saturated rings. The predicted molar refractivity (Wildman–Crippen MR) is 112 cm³/mol. The van der Waals surface area contributed by atoms with Crippen molar-refractivity contribution in [3.05, 3.63) is 59.4 Å². The summed E-state index contributed by atoms with van der Waals surface area (Å²) in [5, 5.41) is 10.6. The standard InChI is InChI=1S/C22H21ClN4O3/c23-17-5-6-19-24-13-18(27(19)14-17)15-1-3-16(4-2-15)20(28)25-9-11-26(12-10-25)21(29)22(30)7-8-22/h1-6,13-14,30H,7-12H2. The Morgan fingerprint density at radius 3 is 2.30 bits per heavy atom. The highest BCUT2D eigenvalue weighted by Crippen LogP contribution is 2.37. The quantitative estimate of drug-likeness (QED) is 0.700. The van der Waals surface area contributed by atoms with Gasteiger partial charge in [-0.25, -0.2) is 4.98 Å². The van der Waals surface area contributed by atoms with Crippen molar-refractivity contribution in [2.45, 2.75) is 18.4 Å². The van der Waals surface area contributed by atoms with Crippen molar-refractivity contribution in [1.82, 2.24) is 19.2 Å². The zero-order chi connectivity index (χ0) is 20.9. The highest BCUT2D eigenvalue weighted by molar-refractivity contribution is 6.30. The summed E-state index contributed by atoms with van der Waals surface area (Å²) >= 11 is 6.11. The van der Waals surface area contributed by atoms with E-state index in [1.807, 2.05) is 40.9 Å². The number of amides is 2. The molecule has 1 N–H and O–H groups in total. The summed E-state index contributed by atoms with van der Waals surface area (Å²) in [6.07, 6.45) is 4.68. The van der Waals surface area contributed by atoms with E-state index in [2.05, 4.69) is 4.98 Å². The molecule has 2 aliphatic rings. The fourth-order valence-electron chi connectivity index (χ4n) is 3.87. The number of piperazine rings is 1. The molecule has 1 aliphatic heterocycles. The first kappa shape index (κ1) is 19.1. The molecular formula is C22H21ClN4O3. The van der Waals surface area contributed by atoms with Gasteiger partial charge in [-0.15, -0.1) is 0 Å². The van der Waals surface area contributed by atoms with Gasteiger partial charge in [-0.2, -0.15) is 0 Å². The molecule has 7 nitrogen and oxygen atoms in total. The van der Waals surface area contributed by atoms with Gasteiger partial charge in [0.2, 0.25) is 0 Å². The lowest BCUT2D eigenvalue weighted by molar-refractivity contribution is -0.143. The molecule has 0 radical (unpaired) electrons. The minimum atomic E-state index is -1.15. The number of carbonyl (C=O) groups is 2. The van der Waals surface area contributed by atoms with Gasteiger partial charge in [-0.1, -0.05) is 23.7 Å². The van der Waals surface area contributed by atoms with Gasteiger partial charge >= 0.3 is 0 Å². The van der Waals surface area contributed by atoms with Crippen LogP contribution in [-0.2, 0) is 4.79 Å². The molecule has 3 heterocycles. The lowest BCUT2D eigenvalue weighted by Crippen LogP contribution is -2.53. The Balaban J connectivity index is 1.28. The minimum absolute atomic E-state index is 0.0556. The van der Waals surface area contributed by atoms with Crippen LogP contribution in [0.1, 0.15) is 23.2 Å². The molecule has 0 atom stereocenters. The molecule has 1 saturated heterocycles. The second kappa shape index (κ2) is 7.11. The van der Waals surface area contributed by atoms with Crippen molar-refractivity contribution < 1.29 is 14.7 Å². The fraction of sp³-hybridized carbons (Fsp3) is 0.318. The van der Waals surface area contributed by atoms with E-state index in [-0.39, 0.29) is 11.8 Å². The van der Waals surface area contributed by atoms with Crippen molar-refractivity contribution in [2.24, 2.45) is 0 Å². The lowest BCUT2D eigenvalue weighted by Gasteiger charge is -2.35. The SMILES string of the molecule is O=C(c1ccc(-c2cnc3ccc(Cl)cn23)cc1)N1CCN(C(=O)C2(O)CC2)CC1. The third kappa shape index (κ3) is 3.34. The molecule has 3 aromatic rings. The first-order chi connectivity index (χ1) is 14.4. The average molecular weight is 425 g/mol. The normalized spacial score (nSPS) is 17.9. The summed E-state index contributed by atoms with van der Waals surface area (Å²) < 4.78 is 1.92. The van der Waals surface area contributed by atoms with Crippen molar-refractivity contribution in [3.8, 4) is 11.3 Å². The lowest BCUT2D eigenvalue weighted by atomic mass is 10.1. The maximum Gasteiger partial charge on any atom is 0.254 e. The second-order valence-corrected chi connectivity index (χ2v) is 8.35. The second-order valence-electron chi connectivity index (χ2n) is 7.91. The van der Waals surface area contributed by atoms with Crippen LogP contribution in [0.4, 0.5) is 0 Å². The van der Waals surface area contributed by atoms with Gasteiger partial charge in [0.05, 0.1) is 16.9 Å². The Morgan fingerprint density at radius 2 is 1.63 bits per heavy atom. The largest absolute Gasteiger partial charge is 0.380 e. The van der Waals surface area contributed by atoms with Gasteiger partial charge in [-0.3, -0.25) is 14.0 Å². The Labute approximate surface area is 178 Å². The topological polar surface area (TPSA) is 78.2 Å². The highest BCUT2D eigenvalue weighted by atomic mass is 35.5. The van der Waals surface area contributed by atoms with Crippen molar-refractivity contribution in [3.63, 3.8) is 0 Å². The molecule has 1 aromatic carbocycles. The third-order valence-corrected chi connectivity index (χ3v) is 6.10. The van der Waals surface area contributed by atoms with E-state index in [9.17, 15) is 14.7 Å². The number of imidazole rings is 1. The van der Waals surface area contributed by atoms with Gasteiger partial charge in [0, 0.05) is 43.5 Å². The zero-order valence-electron chi connectivity index (χ0n) is 16.3. The van der Waals surface area contributed by atoms with Crippen LogP contribution in [0.15, 0.2) is 48.8 Å². The molecular weight excluding hydrogens is 404 g/mol. The number of benzene rings is 1. The molecule has 1 aliphatic carbocycles. The molecule has 5 rings (SSSR count). The number of hydrogen-bond donors (Lipinski definition) is 1. The number of fused-ring (bicyclic) bond motifs is 1. The number of carbonyl (C=O) groups excluding carboxylic acids is 2. The van der Waals surface area contributed by atoms with Crippen molar-refractivity contribution in [1.29, 1.82) is 0 Å². The van der Waals surface area contributed by atoms with Crippen LogP contribution in [0.2, 0.25) is 5.02 Å². The number of hydrogen-bond acceptors (Lipinski definition) is 4. The van der Waals surface area contributed by atoms with Crippen LogP contribution in [0, 0.1) is 0 Å². The van der Waals surface area contributed by atoms with E-state index in [1.54, 1.807) is 22.1 Å².